The number of aryl methyl sites for hydroxylation is 1. The van der Waals surface area contributed by atoms with E-state index in [9.17, 15) is 9.18 Å². The smallest absolute Gasteiger partial charge is 0.258 e. The maximum absolute atomic E-state index is 14.0. The van der Waals surface area contributed by atoms with E-state index < -0.39 is 11.7 Å². The minimum absolute atomic E-state index is 0.0715. The van der Waals surface area contributed by atoms with Crippen molar-refractivity contribution >= 4 is 28.9 Å². The van der Waals surface area contributed by atoms with Crippen molar-refractivity contribution in [3.8, 4) is 0 Å². The lowest BCUT2D eigenvalue weighted by Crippen LogP contribution is -2.15. The Labute approximate surface area is 183 Å². The molecule has 1 N–H and O–H groups in total. The summed E-state index contributed by atoms with van der Waals surface area (Å²) in [6, 6.07) is 12.2. The molecule has 0 fully saturated rings. The van der Waals surface area contributed by atoms with Gasteiger partial charge in [0, 0.05) is 10.6 Å². The molecule has 1 amide bonds. The predicted octanol–water partition coefficient (Wildman–Crippen LogP) is 7.91. The van der Waals surface area contributed by atoms with E-state index in [1.807, 2.05) is 49.6 Å². The SMILES string of the molecule is C=C(S/C=C\C)/C(C)=C/C(=C(C)C)c1ccc(NC(=O)c2c(C)cccc2F)cc1. The van der Waals surface area contributed by atoms with Crippen LogP contribution >= 0.6 is 11.8 Å². The van der Waals surface area contributed by atoms with Crippen LogP contribution in [0.4, 0.5) is 10.1 Å². The molecule has 156 valence electrons. The van der Waals surface area contributed by atoms with Gasteiger partial charge >= 0.3 is 0 Å². The molecular weight excluding hydrogens is 393 g/mol. The minimum Gasteiger partial charge on any atom is -0.322 e. The van der Waals surface area contributed by atoms with Gasteiger partial charge in [0.2, 0.25) is 0 Å². The summed E-state index contributed by atoms with van der Waals surface area (Å²) in [5.74, 6) is -0.971. The highest BCUT2D eigenvalue weighted by Gasteiger charge is 2.14. The maximum atomic E-state index is 14.0. The fraction of sp³-hybridized carbons (Fsp3) is 0.192. The van der Waals surface area contributed by atoms with Crippen LogP contribution in [-0.2, 0) is 0 Å². The summed E-state index contributed by atoms with van der Waals surface area (Å²) in [7, 11) is 0. The molecule has 0 saturated carbocycles. The summed E-state index contributed by atoms with van der Waals surface area (Å²) in [5.41, 5.74) is 5.72. The van der Waals surface area contributed by atoms with E-state index in [1.165, 1.54) is 11.6 Å². The molecule has 30 heavy (non-hydrogen) atoms. The summed E-state index contributed by atoms with van der Waals surface area (Å²) >= 11 is 1.60. The number of halogens is 1. The van der Waals surface area contributed by atoms with Gasteiger partial charge in [0.05, 0.1) is 5.56 Å². The summed E-state index contributed by atoms with van der Waals surface area (Å²) < 4.78 is 14.0. The lowest BCUT2D eigenvalue weighted by molar-refractivity contribution is 0.102. The normalized spacial score (nSPS) is 11.5. The molecule has 0 heterocycles. The number of hydrogen-bond donors (Lipinski definition) is 1. The average molecular weight is 422 g/mol. The molecule has 2 aromatic carbocycles. The van der Waals surface area contributed by atoms with Crippen molar-refractivity contribution in [2.45, 2.75) is 34.6 Å². The number of hydrogen-bond acceptors (Lipinski definition) is 2. The first-order valence-corrected chi connectivity index (χ1v) is 10.6. The molecule has 0 aromatic heterocycles. The van der Waals surface area contributed by atoms with E-state index in [1.54, 1.807) is 30.8 Å². The van der Waals surface area contributed by atoms with Gasteiger partial charge < -0.3 is 5.32 Å². The lowest BCUT2D eigenvalue weighted by atomic mass is 9.98. The van der Waals surface area contributed by atoms with Crippen LogP contribution in [-0.4, -0.2) is 5.91 Å². The standard InChI is InChI=1S/C26H28FNOS/c1-7-15-30-20(6)19(5)16-23(17(2)3)21-11-13-22(14-12-21)28-26(29)25-18(4)9-8-10-24(25)27/h7-16H,6H2,1-5H3,(H,28,29)/b15-7-,19-16+. The van der Waals surface area contributed by atoms with Crippen molar-refractivity contribution in [2.75, 3.05) is 5.32 Å². The Hall–Kier alpha value is -2.85. The molecule has 0 aliphatic rings. The molecule has 0 saturated heterocycles. The first-order valence-electron chi connectivity index (χ1n) is 9.74. The summed E-state index contributed by atoms with van der Waals surface area (Å²) in [4.78, 5) is 13.5. The number of nitrogens with one attached hydrogen (secondary N) is 1. The van der Waals surface area contributed by atoms with Gasteiger partial charge in [-0.05, 0) is 80.5 Å². The molecule has 0 aliphatic heterocycles. The fourth-order valence-electron chi connectivity index (χ4n) is 2.90. The van der Waals surface area contributed by atoms with Gasteiger partial charge in [0.1, 0.15) is 5.82 Å². The zero-order valence-corrected chi connectivity index (χ0v) is 19.0. The molecule has 0 unspecified atom stereocenters. The number of amides is 1. The molecule has 0 aliphatic carbocycles. The Bertz CT molecular complexity index is 1010. The van der Waals surface area contributed by atoms with Crippen LogP contribution in [0.1, 0.15) is 49.2 Å². The second kappa shape index (κ2) is 10.8. The van der Waals surface area contributed by atoms with Gasteiger partial charge in [0.15, 0.2) is 0 Å². The number of allylic oxidation sites excluding steroid dienone is 5. The van der Waals surface area contributed by atoms with E-state index in [0.29, 0.717) is 11.3 Å². The topological polar surface area (TPSA) is 29.1 Å². The zero-order chi connectivity index (χ0) is 22.3. The number of rotatable bonds is 7. The molecular formula is C26H28FNOS. The highest BCUT2D eigenvalue weighted by molar-refractivity contribution is 8.06. The number of anilines is 1. The van der Waals surface area contributed by atoms with E-state index in [0.717, 1.165) is 21.6 Å². The third kappa shape index (κ3) is 6.07. The van der Waals surface area contributed by atoms with Crippen molar-refractivity contribution < 1.29 is 9.18 Å². The number of benzene rings is 2. The van der Waals surface area contributed by atoms with Crippen molar-refractivity contribution in [1.82, 2.24) is 0 Å². The fourth-order valence-corrected chi connectivity index (χ4v) is 3.45. The van der Waals surface area contributed by atoms with Gasteiger partial charge in [0.25, 0.3) is 5.91 Å². The largest absolute Gasteiger partial charge is 0.322 e. The third-order valence-corrected chi connectivity index (χ3v) is 5.60. The van der Waals surface area contributed by atoms with Crippen LogP contribution < -0.4 is 5.32 Å². The third-order valence-electron chi connectivity index (χ3n) is 4.59. The number of carbonyl (C=O) groups is 1. The molecule has 0 radical (unpaired) electrons. The average Bonchev–Trinajstić information content (AvgIpc) is 2.70. The van der Waals surface area contributed by atoms with Crippen molar-refractivity contribution in [3.63, 3.8) is 0 Å². The number of carbonyl (C=O) groups excluding carboxylic acids is 1. The molecule has 0 bridgehead atoms. The molecule has 2 rings (SSSR count). The zero-order valence-electron chi connectivity index (χ0n) is 18.2. The Morgan fingerprint density at radius 2 is 1.77 bits per heavy atom. The van der Waals surface area contributed by atoms with Gasteiger partial charge in [-0.2, -0.15) is 0 Å². The molecule has 2 nitrogen and oxygen atoms in total. The first kappa shape index (κ1) is 23.4. The van der Waals surface area contributed by atoms with Gasteiger partial charge in [-0.3, -0.25) is 4.79 Å². The quantitative estimate of drug-likeness (QED) is 0.460. The molecule has 0 spiro atoms. The molecule has 2 aromatic rings. The Morgan fingerprint density at radius 3 is 2.33 bits per heavy atom. The second-order valence-corrected chi connectivity index (χ2v) is 8.22. The highest BCUT2D eigenvalue weighted by Crippen LogP contribution is 2.29. The molecule has 0 atom stereocenters. The Morgan fingerprint density at radius 1 is 1.10 bits per heavy atom. The predicted molar refractivity (Wildman–Crippen MR) is 129 cm³/mol. The summed E-state index contributed by atoms with van der Waals surface area (Å²) in [6.45, 7) is 14.0. The van der Waals surface area contributed by atoms with Crippen LogP contribution in [0.2, 0.25) is 0 Å². The van der Waals surface area contributed by atoms with Gasteiger partial charge in [-0.25, -0.2) is 4.39 Å². The Kier molecular flexibility index (Phi) is 8.43. The first-order chi connectivity index (χ1) is 14.2. The van der Waals surface area contributed by atoms with Crippen molar-refractivity contribution in [3.05, 3.63) is 105 Å². The van der Waals surface area contributed by atoms with Crippen molar-refractivity contribution in [2.24, 2.45) is 0 Å². The van der Waals surface area contributed by atoms with Crippen LogP contribution in [0, 0.1) is 12.7 Å². The second-order valence-electron chi connectivity index (χ2n) is 7.21. The summed E-state index contributed by atoms with van der Waals surface area (Å²) in [6.07, 6.45) is 4.12. The monoisotopic (exact) mass is 421 g/mol. The number of thioether (sulfide) groups is 1. The van der Waals surface area contributed by atoms with E-state index in [-0.39, 0.29) is 5.56 Å². The van der Waals surface area contributed by atoms with E-state index >= 15 is 0 Å². The van der Waals surface area contributed by atoms with E-state index in [4.69, 9.17) is 0 Å². The Balaban J connectivity index is 2.23. The van der Waals surface area contributed by atoms with E-state index in [2.05, 4.69) is 31.8 Å². The lowest BCUT2D eigenvalue weighted by Gasteiger charge is -2.12. The summed E-state index contributed by atoms with van der Waals surface area (Å²) in [5, 5.41) is 4.79. The maximum Gasteiger partial charge on any atom is 0.258 e. The van der Waals surface area contributed by atoms with Crippen LogP contribution in [0.15, 0.2) is 82.7 Å². The highest BCUT2D eigenvalue weighted by atomic mass is 32.2. The van der Waals surface area contributed by atoms with Crippen LogP contribution in [0.25, 0.3) is 5.57 Å². The minimum atomic E-state index is -0.521. The van der Waals surface area contributed by atoms with Crippen LogP contribution in [0.3, 0.4) is 0 Å². The van der Waals surface area contributed by atoms with Gasteiger partial charge in [-0.1, -0.05) is 60.3 Å². The molecule has 4 heteroatoms. The van der Waals surface area contributed by atoms with Crippen molar-refractivity contribution in [1.29, 1.82) is 0 Å². The van der Waals surface area contributed by atoms with Crippen LogP contribution in [0.5, 0.6) is 0 Å². The van der Waals surface area contributed by atoms with Gasteiger partial charge in [-0.15, -0.1) is 0 Å².